The number of esters is 1. The summed E-state index contributed by atoms with van der Waals surface area (Å²) < 4.78 is 5.05. The van der Waals surface area contributed by atoms with Gasteiger partial charge in [0.05, 0.1) is 6.61 Å². The molecule has 0 spiro atoms. The van der Waals surface area contributed by atoms with Gasteiger partial charge in [-0.15, -0.1) is 0 Å². The highest BCUT2D eigenvalue weighted by molar-refractivity contribution is 5.82. The number of carbonyl (C=O) groups is 1. The summed E-state index contributed by atoms with van der Waals surface area (Å²) in [5.41, 5.74) is 2.13. The van der Waals surface area contributed by atoms with E-state index in [1.165, 1.54) is 64.2 Å². The van der Waals surface area contributed by atoms with E-state index >= 15 is 0 Å². The van der Waals surface area contributed by atoms with E-state index in [2.05, 4.69) is 20.4 Å². The molecule has 1 unspecified atom stereocenters. The molecule has 0 N–H and O–H groups in total. The lowest BCUT2D eigenvalue weighted by Gasteiger charge is -2.60. The second-order valence-electron chi connectivity index (χ2n) is 10.7. The lowest BCUT2D eigenvalue weighted by Crippen LogP contribution is -2.52. The van der Waals surface area contributed by atoms with Gasteiger partial charge in [0.25, 0.3) is 0 Å². The smallest absolute Gasteiger partial charge is 0.330 e. The molecule has 0 bridgehead atoms. The summed E-state index contributed by atoms with van der Waals surface area (Å²) in [4.78, 5) is 11.7. The van der Waals surface area contributed by atoms with Crippen molar-refractivity contribution in [2.24, 2.45) is 40.4 Å². The first kappa shape index (κ1) is 20.2. The van der Waals surface area contributed by atoms with Gasteiger partial charge in [-0.1, -0.05) is 44.9 Å². The molecule has 0 aliphatic heterocycles. The van der Waals surface area contributed by atoms with Crippen LogP contribution >= 0.6 is 0 Å². The van der Waals surface area contributed by atoms with Gasteiger partial charge in [0.1, 0.15) is 0 Å². The van der Waals surface area contributed by atoms with Crippen LogP contribution in [0.3, 0.4) is 0 Å². The Morgan fingerprint density at radius 2 is 1.75 bits per heavy atom. The van der Waals surface area contributed by atoms with Crippen molar-refractivity contribution < 1.29 is 9.53 Å². The SMILES string of the molecule is C=C(C=CC(=O)OCC)[C@H]1CC[C@H]2[C@@H]3CCC4CCCC[C@]4(C)[C@H]3CC[C@]12C. The van der Waals surface area contributed by atoms with Gasteiger partial charge in [0.15, 0.2) is 0 Å². The van der Waals surface area contributed by atoms with Gasteiger partial charge in [-0.25, -0.2) is 4.79 Å². The summed E-state index contributed by atoms with van der Waals surface area (Å²) in [6.45, 7) is 11.9. The van der Waals surface area contributed by atoms with Crippen molar-refractivity contribution in [1.29, 1.82) is 0 Å². The average Bonchev–Trinajstić information content (AvgIpc) is 3.03. The second-order valence-corrected chi connectivity index (χ2v) is 10.7. The van der Waals surface area contributed by atoms with E-state index in [0.29, 0.717) is 23.4 Å². The third-order valence-corrected chi connectivity index (χ3v) is 9.75. The van der Waals surface area contributed by atoms with Crippen LogP contribution in [0.1, 0.15) is 85.0 Å². The van der Waals surface area contributed by atoms with E-state index in [4.69, 9.17) is 4.74 Å². The standard InChI is InChI=1S/C26H40O2/c1-5-28-24(27)14-9-18(2)21-12-13-22-20-11-10-19-8-6-7-16-25(19,3)23(20)15-17-26(21,22)4/h9,14,19-23H,2,5-8,10-13,15-17H2,1,3-4H3/t19?,20-,21+,22-,23-,25-,26+/m0/s1. The molecule has 28 heavy (non-hydrogen) atoms. The summed E-state index contributed by atoms with van der Waals surface area (Å²) in [7, 11) is 0. The van der Waals surface area contributed by atoms with Crippen molar-refractivity contribution in [3.63, 3.8) is 0 Å². The molecule has 0 heterocycles. The van der Waals surface area contributed by atoms with Crippen molar-refractivity contribution in [2.45, 2.75) is 85.0 Å². The Morgan fingerprint density at radius 3 is 2.54 bits per heavy atom. The zero-order valence-electron chi connectivity index (χ0n) is 18.3. The molecule has 4 saturated carbocycles. The Morgan fingerprint density at radius 1 is 0.964 bits per heavy atom. The van der Waals surface area contributed by atoms with Crippen LogP contribution in [0.25, 0.3) is 0 Å². The van der Waals surface area contributed by atoms with Crippen LogP contribution in [-0.2, 0) is 9.53 Å². The number of ether oxygens (including phenoxy) is 1. The zero-order valence-corrected chi connectivity index (χ0v) is 18.3. The van der Waals surface area contributed by atoms with E-state index < -0.39 is 0 Å². The first-order valence-electron chi connectivity index (χ1n) is 11.9. The fraction of sp³-hybridized carbons (Fsp3) is 0.808. The number of hydrogen-bond donors (Lipinski definition) is 0. The third-order valence-electron chi connectivity index (χ3n) is 9.75. The maximum atomic E-state index is 11.7. The molecule has 0 amide bonds. The Kier molecular flexibility index (Phi) is 5.53. The largest absolute Gasteiger partial charge is 0.463 e. The molecule has 0 radical (unpaired) electrons. The van der Waals surface area contributed by atoms with Crippen molar-refractivity contribution in [3.8, 4) is 0 Å². The molecule has 4 aliphatic carbocycles. The fourth-order valence-electron chi connectivity index (χ4n) is 8.39. The van der Waals surface area contributed by atoms with Crippen molar-refractivity contribution in [1.82, 2.24) is 0 Å². The van der Waals surface area contributed by atoms with E-state index in [9.17, 15) is 4.79 Å². The zero-order chi connectivity index (χ0) is 19.9. The average molecular weight is 385 g/mol. The van der Waals surface area contributed by atoms with Crippen LogP contribution in [-0.4, -0.2) is 12.6 Å². The van der Waals surface area contributed by atoms with Gasteiger partial charge in [-0.05, 0) is 98.7 Å². The maximum absolute atomic E-state index is 11.7. The van der Waals surface area contributed by atoms with Crippen molar-refractivity contribution >= 4 is 5.97 Å². The van der Waals surface area contributed by atoms with Crippen LogP contribution in [0.2, 0.25) is 0 Å². The number of hydrogen-bond acceptors (Lipinski definition) is 2. The van der Waals surface area contributed by atoms with Gasteiger partial charge < -0.3 is 4.74 Å². The second kappa shape index (κ2) is 7.65. The minimum atomic E-state index is -0.240. The molecule has 4 aliphatic rings. The highest BCUT2D eigenvalue weighted by Gasteiger charge is 2.59. The molecule has 2 nitrogen and oxygen atoms in total. The predicted molar refractivity (Wildman–Crippen MR) is 115 cm³/mol. The lowest BCUT2D eigenvalue weighted by atomic mass is 9.44. The van der Waals surface area contributed by atoms with E-state index in [1.54, 1.807) is 6.08 Å². The molecule has 0 aromatic rings. The summed E-state index contributed by atoms with van der Waals surface area (Å²) in [5, 5.41) is 0. The quantitative estimate of drug-likeness (QED) is 0.306. The van der Waals surface area contributed by atoms with Crippen LogP contribution in [0, 0.1) is 40.4 Å². The Hall–Kier alpha value is -1.05. The Bertz CT molecular complexity index is 649. The van der Waals surface area contributed by atoms with Crippen LogP contribution in [0.15, 0.2) is 24.3 Å². The Balaban J connectivity index is 1.50. The highest BCUT2D eigenvalue weighted by Crippen LogP contribution is 2.68. The number of fused-ring (bicyclic) bond motifs is 5. The minimum Gasteiger partial charge on any atom is -0.463 e. The van der Waals surface area contributed by atoms with Gasteiger partial charge in [0.2, 0.25) is 0 Å². The fourth-order valence-corrected chi connectivity index (χ4v) is 8.39. The molecule has 156 valence electrons. The monoisotopic (exact) mass is 384 g/mol. The van der Waals surface area contributed by atoms with Crippen LogP contribution in [0.4, 0.5) is 0 Å². The van der Waals surface area contributed by atoms with Gasteiger partial charge in [-0.2, -0.15) is 0 Å². The maximum Gasteiger partial charge on any atom is 0.330 e. The Labute approximate surface area is 172 Å². The van der Waals surface area contributed by atoms with Crippen LogP contribution in [0.5, 0.6) is 0 Å². The molecule has 4 rings (SSSR count). The van der Waals surface area contributed by atoms with Gasteiger partial charge >= 0.3 is 5.97 Å². The highest BCUT2D eigenvalue weighted by atomic mass is 16.5. The number of rotatable bonds is 4. The first-order chi connectivity index (χ1) is 13.4. The number of allylic oxidation sites excluding steroid dienone is 2. The lowest BCUT2D eigenvalue weighted by molar-refractivity contribution is -0.137. The molecule has 2 heteroatoms. The number of carbonyl (C=O) groups excluding carboxylic acids is 1. The summed E-state index contributed by atoms with van der Waals surface area (Å²) in [6.07, 6.45) is 17.7. The van der Waals surface area contributed by atoms with E-state index in [-0.39, 0.29) is 5.97 Å². The molecule has 0 aromatic heterocycles. The first-order valence-corrected chi connectivity index (χ1v) is 11.9. The summed E-state index contributed by atoms with van der Waals surface area (Å²) in [5.74, 6) is 4.00. The topological polar surface area (TPSA) is 26.3 Å². The van der Waals surface area contributed by atoms with E-state index in [1.807, 2.05) is 13.0 Å². The summed E-state index contributed by atoms with van der Waals surface area (Å²) in [6, 6.07) is 0. The molecule has 7 atom stereocenters. The van der Waals surface area contributed by atoms with E-state index in [0.717, 1.165) is 29.2 Å². The molecule has 0 aromatic carbocycles. The molecule has 0 saturated heterocycles. The molecular formula is C26H40O2. The molecular weight excluding hydrogens is 344 g/mol. The summed E-state index contributed by atoms with van der Waals surface area (Å²) >= 11 is 0. The third kappa shape index (κ3) is 3.19. The van der Waals surface area contributed by atoms with Crippen LogP contribution < -0.4 is 0 Å². The normalized spacial score (nSPS) is 45.2. The van der Waals surface area contributed by atoms with Crippen molar-refractivity contribution in [3.05, 3.63) is 24.3 Å². The van der Waals surface area contributed by atoms with Gasteiger partial charge in [0, 0.05) is 6.08 Å². The molecule has 4 fully saturated rings. The minimum absolute atomic E-state index is 0.240. The van der Waals surface area contributed by atoms with Crippen molar-refractivity contribution in [2.75, 3.05) is 6.61 Å². The van der Waals surface area contributed by atoms with Gasteiger partial charge in [-0.3, -0.25) is 0 Å². The predicted octanol–water partition coefficient (Wildman–Crippen LogP) is 6.71.